The van der Waals surface area contributed by atoms with E-state index < -0.39 is 0 Å². The minimum Gasteiger partial charge on any atom is -0.376 e. The smallest absolute Gasteiger partial charge is 0.243 e. The standard InChI is InChI=1S/C10H17NO2/c1-2-5-10(12)11-8-9-6-3-4-7-13-9/h2,5,9H,3-4,6-8H2,1H3,(H,11,12). The molecule has 1 unspecified atom stereocenters. The maximum atomic E-state index is 11.0. The summed E-state index contributed by atoms with van der Waals surface area (Å²) in [4.78, 5) is 11.0. The molecule has 3 heteroatoms. The SMILES string of the molecule is CC=CC(=O)NCC1CCCCO1. The largest absolute Gasteiger partial charge is 0.376 e. The van der Waals surface area contributed by atoms with Crippen LogP contribution >= 0.6 is 0 Å². The summed E-state index contributed by atoms with van der Waals surface area (Å²) in [5, 5.41) is 2.80. The van der Waals surface area contributed by atoms with Crippen molar-refractivity contribution in [3.05, 3.63) is 12.2 Å². The van der Waals surface area contributed by atoms with E-state index in [0.29, 0.717) is 6.54 Å². The molecule has 13 heavy (non-hydrogen) atoms. The van der Waals surface area contributed by atoms with Crippen LogP contribution in [0.3, 0.4) is 0 Å². The molecular weight excluding hydrogens is 166 g/mol. The van der Waals surface area contributed by atoms with Gasteiger partial charge in [-0.3, -0.25) is 4.79 Å². The number of carbonyl (C=O) groups is 1. The summed E-state index contributed by atoms with van der Waals surface area (Å²) in [6, 6.07) is 0. The second-order valence-corrected chi connectivity index (χ2v) is 3.23. The fraction of sp³-hybridized carbons (Fsp3) is 0.700. The highest BCUT2D eigenvalue weighted by atomic mass is 16.5. The van der Waals surface area contributed by atoms with Gasteiger partial charge >= 0.3 is 0 Å². The zero-order valence-electron chi connectivity index (χ0n) is 8.08. The molecule has 0 aromatic heterocycles. The van der Waals surface area contributed by atoms with Gasteiger partial charge in [0.05, 0.1) is 6.10 Å². The Kier molecular flexibility index (Phi) is 4.54. The average molecular weight is 183 g/mol. The highest BCUT2D eigenvalue weighted by Gasteiger charge is 2.13. The lowest BCUT2D eigenvalue weighted by Crippen LogP contribution is -2.34. The fourth-order valence-corrected chi connectivity index (χ4v) is 1.39. The number of rotatable bonds is 3. The number of amides is 1. The highest BCUT2D eigenvalue weighted by molar-refractivity contribution is 5.87. The summed E-state index contributed by atoms with van der Waals surface area (Å²) >= 11 is 0. The van der Waals surface area contributed by atoms with Crippen LogP contribution in [0.5, 0.6) is 0 Å². The van der Waals surface area contributed by atoms with Gasteiger partial charge < -0.3 is 10.1 Å². The first-order chi connectivity index (χ1) is 6.33. The van der Waals surface area contributed by atoms with Crippen molar-refractivity contribution in [2.75, 3.05) is 13.2 Å². The molecular formula is C10H17NO2. The third kappa shape index (κ3) is 4.08. The Bertz CT molecular complexity index is 183. The van der Waals surface area contributed by atoms with Crippen molar-refractivity contribution in [1.29, 1.82) is 0 Å². The lowest BCUT2D eigenvalue weighted by molar-refractivity contribution is -0.117. The molecule has 0 saturated carbocycles. The quantitative estimate of drug-likeness (QED) is 0.669. The predicted molar refractivity (Wildman–Crippen MR) is 51.4 cm³/mol. The molecule has 74 valence electrons. The van der Waals surface area contributed by atoms with Gasteiger partial charge in [0.2, 0.25) is 5.91 Å². The second-order valence-electron chi connectivity index (χ2n) is 3.23. The molecule has 3 nitrogen and oxygen atoms in total. The zero-order chi connectivity index (χ0) is 9.52. The van der Waals surface area contributed by atoms with Gasteiger partial charge in [-0.2, -0.15) is 0 Å². The first-order valence-corrected chi connectivity index (χ1v) is 4.85. The second kappa shape index (κ2) is 5.75. The van der Waals surface area contributed by atoms with Crippen molar-refractivity contribution in [1.82, 2.24) is 5.32 Å². The molecule has 0 aromatic rings. The van der Waals surface area contributed by atoms with Gasteiger partial charge in [0.1, 0.15) is 0 Å². The number of allylic oxidation sites excluding steroid dienone is 1. The minimum atomic E-state index is -0.0309. The maximum Gasteiger partial charge on any atom is 0.243 e. The molecule has 0 radical (unpaired) electrons. The number of hydrogen-bond acceptors (Lipinski definition) is 2. The molecule has 1 saturated heterocycles. The topological polar surface area (TPSA) is 38.3 Å². The summed E-state index contributed by atoms with van der Waals surface area (Å²) in [6.45, 7) is 3.31. The van der Waals surface area contributed by atoms with Crippen LogP contribution in [0.1, 0.15) is 26.2 Å². The maximum absolute atomic E-state index is 11.0. The Labute approximate surface area is 79.2 Å². The van der Waals surface area contributed by atoms with Crippen molar-refractivity contribution in [2.45, 2.75) is 32.3 Å². The minimum absolute atomic E-state index is 0.0309. The molecule has 1 N–H and O–H groups in total. The van der Waals surface area contributed by atoms with Crippen LogP contribution in [0, 0.1) is 0 Å². The van der Waals surface area contributed by atoms with Crippen LogP contribution in [-0.4, -0.2) is 25.2 Å². The molecule has 1 aliphatic heterocycles. The van der Waals surface area contributed by atoms with Gasteiger partial charge in [-0.1, -0.05) is 6.08 Å². The van der Waals surface area contributed by atoms with E-state index in [1.54, 1.807) is 6.08 Å². The molecule has 1 heterocycles. The molecule has 0 aliphatic carbocycles. The number of nitrogens with one attached hydrogen (secondary N) is 1. The molecule has 1 aliphatic rings. The Morgan fingerprint density at radius 2 is 2.46 bits per heavy atom. The van der Waals surface area contributed by atoms with Gasteiger partial charge in [0.25, 0.3) is 0 Å². The van der Waals surface area contributed by atoms with E-state index in [-0.39, 0.29) is 12.0 Å². The molecule has 0 spiro atoms. The summed E-state index contributed by atoms with van der Waals surface area (Å²) < 4.78 is 5.47. The molecule has 0 bridgehead atoms. The average Bonchev–Trinajstić information content (AvgIpc) is 2.17. The van der Waals surface area contributed by atoms with Crippen LogP contribution in [-0.2, 0) is 9.53 Å². The van der Waals surface area contributed by atoms with E-state index in [1.807, 2.05) is 6.92 Å². The molecule has 1 fully saturated rings. The third-order valence-corrected chi connectivity index (χ3v) is 2.10. The van der Waals surface area contributed by atoms with E-state index in [9.17, 15) is 4.79 Å². The van der Waals surface area contributed by atoms with Crippen LogP contribution in [0.4, 0.5) is 0 Å². The Hall–Kier alpha value is -0.830. The number of ether oxygens (including phenoxy) is 1. The first-order valence-electron chi connectivity index (χ1n) is 4.85. The van der Waals surface area contributed by atoms with E-state index in [4.69, 9.17) is 4.74 Å². The molecule has 1 rings (SSSR count). The van der Waals surface area contributed by atoms with Gasteiger partial charge in [-0.15, -0.1) is 0 Å². The van der Waals surface area contributed by atoms with Crippen molar-refractivity contribution in [2.24, 2.45) is 0 Å². The van der Waals surface area contributed by atoms with Crippen LogP contribution in [0.25, 0.3) is 0 Å². The summed E-state index contributed by atoms with van der Waals surface area (Å²) in [6.07, 6.45) is 6.92. The van der Waals surface area contributed by atoms with E-state index in [0.717, 1.165) is 19.4 Å². The van der Waals surface area contributed by atoms with Crippen molar-refractivity contribution >= 4 is 5.91 Å². The highest BCUT2D eigenvalue weighted by Crippen LogP contribution is 2.11. The lowest BCUT2D eigenvalue weighted by atomic mass is 10.1. The van der Waals surface area contributed by atoms with Gasteiger partial charge in [0.15, 0.2) is 0 Å². The van der Waals surface area contributed by atoms with Crippen LogP contribution < -0.4 is 5.32 Å². The monoisotopic (exact) mass is 183 g/mol. The Morgan fingerprint density at radius 3 is 3.08 bits per heavy atom. The van der Waals surface area contributed by atoms with Gasteiger partial charge in [-0.25, -0.2) is 0 Å². The van der Waals surface area contributed by atoms with E-state index in [2.05, 4.69) is 5.32 Å². The van der Waals surface area contributed by atoms with Crippen molar-refractivity contribution < 1.29 is 9.53 Å². The molecule has 1 atom stereocenters. The normalized spacial score (nSPS) is 23.3. The molecule has 1 amide bonds. The van der Waals surface area contributed by atoms with Gasteiger partial charge in [0, 0.05) is 13.2 Å². The van der Waals surface area contributed by atoms with Gasteiger partial charge in [-0.05, 0) is 32.3 Å². The number of carbonyl (C=O) groups excluding carboxylic acids is 1. The first kappa shape index (κ1) is 10.3. The summed E-state index contributed by atoms with van der Waals surface area (Å²) in [7, 11) is 0. The summed E-state index contributed by atoms with van der Waals surface area (Å²) in [5.74, 6) is -0.0309. The predicted octanol–water partition coefficient (Wildman–Crippen LogP) is 1.25. The van der Waals surface area contributed by atoms with Crippen molar-refractivity contribution in [3.8, 4) is 0 Å². The van der Waals surface area contributed by atoms with Crippen LogP contribution in [0.15, 0.2) is 12.2 Å². The zero-order valence-corrected chi connectivity index (χ0v) is 8.08. The Morgan fingerprint density at radius 1 is 1.62 bits per heavy atom. The lowest BCUT2D eigenvalue weighted by Gasteiger charge is -2.22. The number of hydrogen-bond donors (Lipinski definition) is 1. The Balaban J connectivity index is 2.13. The van der Waals surface area contributed by atoms with E-state index in [1.165, 1.54) is 12.5 Å². The van der Waals surface area contributed by atoms with Crippen molar-refractivity contribution in [3.63, 3.8) is 0 Å². The molecule has 0 aromatic carbocycles. The third-order valence-electron chi connectivity index (χ3n) is 2.10. The fourth-order valence-electron chi connectivity index (χ4n) is 1.39. The van der Waals surface area contributed by atoms with E-state index >= 15 is 0 Å². The van der Waals surface area contributed by atoms with Crippen LogP contribution in [0.2, 0.25) is 0 Å². The summed E-state index contributed by atoms with van der Waals surface area (Å²) in [5.41, 5.74) is 0.